The van der Waals surface area contributed by atoms with Gasteiger partial charge < -0.3 is 5.32 Å². The number of unbranched alkanes of at least 4 members (excludes halogenated alkanes) is 9. The Labute approximate surface area is 151 Å². The van der Waals surface area contributed by atoms with Crippen molar-refractivity contribution >= 4 is 12.4 Å². The van der Waals surface area contributed by atoms with E-state index in [4.69, 9.17) is 0 Å². The Morgan fingerprint density at radius 3 is 1.96 bits per heavy atom. The van der Waals surface area contributed by atoms with Crippen molar-refractivity contribution in [1.29, 1.82) is 0 Å². The van der Waals surface area contributed by atoms with Gasteiger partial charge in [-0.1, -0.05) is 82.9 Å². The molecule has 0 atom stereocenters. The summed E-state index contributed by atoms with van der Waals surface area (Å²) in [5.74, 6) is 0. The van der Waals surface area contributed by atoms with Gasteiger partial charge in [0.2, 0.25) is 0 Å². The molecule has 1 rings (SSSR count). The third kappa shape index (κ3) is 10.8. The Kier molecular flexibility index (Phi) is 14.7. The Balaban J connectivity index is 0.00000484. The molecule has 1 aromatic rings. The Morgan fingerprint density at radius 2 is 1.35 bits per heavy atom. The molecule has 0 saturated carbocycles. The topological polar surface area (TPSA) is 12.0 Å². The lowest BCUT2D eigenvalue weighted by Crippen LogP contribution is -2.15. The highest BCUT2D eigenvalue weighted by atomic mass is 35.5. The molecule has 0 spiro atoms. The van der Waals surface area contributed by atoms with Gasteiger partial charge in [-0.3, -0.25) is 0 Å². The average molecular weight is 340 g/mol. The van der Waals surface area contributed by atoms with Crippen LogP contribution >= 0.6 is 12.4 Å². The first kappa shape index (κ1) is 22.5. The highest BCUT2D eigenvalue weighted by Gasteiger charge is 1.99. The van der Waals surface area contributed by atoms with Gasteiger partial charge in [-0.25, -0.2) is 0 Å². The molecule has 0 unspecified atom stereocenters. The fourth-order valence-corrected chi connectivity index (χ4v) is 2.96. The lowest BCUT2D eigenvalue weighted by molar-refractivity contribution is 0.543. The molecule has 0 saturated heterocycles. The standard InChI is InChI=1S/C21H37N.ClH/c1-4-5-6-7-8-9-10-11-12-13-17-22-18-21-16-14-15-19(2)20(21)3;/h14-16,22H,4-13,17-18H2,1-3H3;1H. The van der Waals surface area contributed by atoms with E-state index < -0.39 is 0 Å². The first-order chi connectivity index (χ1) is 10.8. The van der Waals surface area contributed by atoms with Crippen molar-refractivity contribution in [3.63, 3.8) is 0 Å². The zero-order valence-corrected chi connectivity index (χ0v) is 16.4. The van der Waals surface area contributed by atoms with Crippen LogP contribution in [0.1, 0.15) is 87.8 Å². The summed E-state index contributed by atoms with van der Waals surface area (Å²) < 4.78 is 0. The van der Waals surface area contributed by atoms with Crippen molar-refractivity contribution in [3.8, 4) is 0 Å². The molecule has 0 radical (unpaired) electrons. The smallest absolute Gasteiger partial charge is 0.0208 e. The van der Waals surface area contributed by atoms with Gasteiger partial charge in [0.1, 0.15) is 0 Å². The van der Waals surface area contributed by atoms with Crippen LogP contribution in [-0.4, -0.2) is 6.54 Å². The molecule has 134 valence electrons. The fraction of sp³-hybridized carbons (Fsp3) is 0.714. The Hall–Kier alpha value is -0.530. The van der Waals surface area contributed by atoms with Gasteiger partial charge >= 0.3 is 0 Å². The van der Waals surface area contributed by atoms with E-state index in [0.29, 0.717) is 0 Å². The minimum Gasteiger partial charge on any atom is -0.313 e. The van der Waals surface area contributed by atoms with Crippen molar-refractivity contribution < 1.29 is 0 Å². The van der Waals surface area contributed by atoms with E-state index >= 15 is 0 Å². The van der Waals surface area contributed by atoms with Crippen molar-refractivity contribution in [2.45, 2.75) is 91.5 Å². The monoisotopic (exact) mass is 339 g/mol. The molecule has 0 heterocycles. The zero-order valence-electron chi connectivity index (χ0n) is 15.6. The van der Waals surface area contributed by atoms with Crippen molar-refractivity contribution in [1.82, 2.24) is 5.32 Å². The lowest BCUT2D eigenvalue weighted by Gasteiger charge is -2.09. The number of nitrogens with one attached hydrogen (secondary N) is 1. The largest absolute Gasteiger partial charge is 0.313 e. The molecule has 23 heavy (non-hydrogen) atoms. The fourth-order valence-electron chi connectivity index (χ4n) is 2.96. The maximum absolute atomic E-state index is 3.59. The van der Waals surface area contributed by atoms with Crippen LogP contribution in [0.5, 0.6) is 0 Å². The van der Waals surface area contributed by atoms with Gasteiger partial charge in [0.25, 0.3) is 0 Å². The first-order valence-corrected chi connectivity index (χ1v) is 9.51. The average Bonchev–Trinajstić information content (AvgIpc) is 2.52. The van der Waals surface area contributed by atoms with Crippen molar-refractivity contribution in [3.05, 3.63) is 34.9 Å². The zero-order chi connectivity index (χ0) is 16.0. The maximum Gasteiger partial charge on any atom is 0.0208 e. The SMILES string of the molecule is CCCCCCCCCCCCNCc1cccc(C)c1C.Cl. The van der Waals surface area contributed by atoms with Gasteiger partial charge in [0, 0.05) is 6.54 Å². The molecule has 1 aromatic carbocycles. The Bertz CT molecular complexity index is 389. The number of aryl methyl sites for hydroxylation is 1. The Morgan fingerprint density at radius 1 is 0.783 bits per heavy atom. The van der Waals surface area contributed by atoms with E-state index in [1.54, 1.807) is 0 Å². The van der Waals surface area contributed by atoms with E-state index in [9.17, 15) is 0 Å². The molecule has 0 aliphatic rings. The molecule has 0 fully saturated rings. The summed E-state index contributed by atoms with van der Waals surface area (Å²) in [6, 6.07) is 6.61. The third-order valence-corrected chi connectivity index (χ3v) is 4.74. The number of hydrogen-bond acceptors (Lipinski definition) is 1. The van der Waals surface area contributed by atoms with E-state index in [-0.39, 0.29) is 12.4 Å². The van der Waals surface area contributed by atoms with Crippen LogP contribution in [0.2, 0.25) is 0 Å². The minimum absolute atomic E-state index is 0. The number of rotatable bonds is 13. The van der Waals surface area contributed by atoms with Crippen LogP contribution in [0.15, 0.2) is 18.2 Å². The summed E-state index contributed by atoms with van der Waals surface area (Å²) in [6.07, 6.45) is 14.1. The normalized spacial score (nSPS) is 10.6. The van der Waals surface area contributed by atoms with Crippen LogP contribution in [0.4, 0.5) is 0 Å². The molecule has 0 amide bonds. The molecule has 0 aliphatic carbocycles. The van der Waals surface area contributed by atoms with E-state index in [2.05, 4.69) is 44.3 Å². The van der Waals surface area contributed by atoms with Gasteiger partial charge in [0.05, 0.1) is 0 Å². The van der Waals surface area contributed by atoms with Crippen LogP contribution in [0.3, 0.4) is 0 Å². The first-order valence-electron chi connectivity index (χ1n) is 9.51. The molecular formula is C21H38ClN. The summed E-state index contributed by atoms with van der Waals surface area (Å²) in [4.78, 5) is 0. The molecule has 0 bridgehead atoms. The van der Waals surface area contributed by atoms with Crippen LogP contribution in [0, 0.1) is 13.8 Å². The van der Waals surface area contributed by atoms with Crippen molar-refractivity contribution in [2.24, 2.45) is 0 Å². The highest BCUT2D eigenvalue weighted by Crippen LogP contribution is 2.13. The summed E-state index contributed by atoms with van der Waals surface area (Å²) in [5.41, 5.74) is 4.29. The number of halogens is 1. The van der Waals surface area contributed by atoms with Gasteiger partial charge in [0.15, 0.2) is 0 Å². The number of benzene rings is 1. The van der Waals surface area contributed by atoms with Crippen LogP contribution < -0.4 is 5.32 Å². The summed E-state index contributed by atoms with van der Waals surface area (Å²) in [7, 11) is 0. The summed E-state index contributed by atoms with van der Waals surface area (Å²) in [5, 5.41) is 3.59. The molecule has 1 nitrogen and oxygen atoms in total. The highest BCUT2D eigenvalue weighted by molar-refractivity contribution is 5.85. The summed E-state index contributed by atoms with van der Waals surface area (Å²) in [6.45, 7) is 8.89. The number of hydrogen-bond donors (Lipinski definition) is 1. The van der Waals surface area contributed by atoms with E-state index in [1.165, 1.54) is 80.9 Å². The predicted molar refractivity (Wildman–Crippen MR) is 107 cm³/mol. The quantitative estimate of drug-likeness (QED) is 0.392. The second-order valence-corrected chi connectivity index (χ2v) is 6.72. The molecule has 0 aliphatic heterocycles. The van der Waals surface area contributed by atoms with E-state index in [1.807, 2.05) is 0 Å². The second kappa shape index (κ2) is 15.0. The third-order valence-electron chi connectivity index (χ3n) is 4.74. The van der Waals surface area contributed by atoms with Crippen LogP contribution in [0.25, 0.3) is 0 Å². The minimum atomic E-state index is 0. The predicted octanol–water partition coefficient (Wildman–Crippen LogP) is 6.74. The van der Waals surface area contributed by atoms with E-state index in [0.717, 1.165) is 13.1 Å². The second-order valence-electron chi connectivity index (χ2n) is 6.72. The molecule has 1 N–H and O–H groups in total. The molecule has 2 heteroatoms. The van der Waals surface area contributed by atoms with Gasteiger partial charge in [-0.15, -0.1) is 12.4 Å². The van der Waals surface area contributed by atoms with Crippen LogP contribution in [-0.2, 0) is 6.54 Å². The molecule has 0 aromatic heterocycles. The molecular weight excluding hydrogens is 302 g/mol. The van der Waals surface area contributed by atoms with Gasteiger partial charge in [-0.2, -0.15) is 0 Å². The summed E-state index contributed by atoms with van der Waals surface area (Å²) >= 11 is 0. The maximum atomic E-state index is 3.59. The van der Waals surface area contributed by atoms with Gasteiger partial charge in [-0.05, 0) is 43.5 Å². The lowest BCUT2D eigenvalue weighted by atomic mass is 10.0. The van der Waals surface area contributed by atoms with Crippen molar-refractivity contribution in [2.75, 3.05) is 6.54 Å².